The lowest BCUT2D eigenvalue weighted by atomic mass is 9.93. The molecule has 2 N–H and O–H groups in total. The highest BCUT2D eigenvalue weighted by Crippen LogP contribution is 2.30. The van der Waals surface area contributed by atoms with Gasteiger partial charge in [-0.15, -0.1) is 0 Å². The zero-order chi connectivity index (χ0) is 15.1. The van der Waals surface area contributed by atoms with E-state index in [-0.39, 0.29) is 5.75 Å². The molecule has 1 aliphatic carbocycles. The van der Waals surface area contributed by atoms with Crippen LogP contribution in [0.1, 0.15) is 57.9 Å². The second-order valence-electron chi connectivity index (χ2n) is 6.12. The van der Waals surface area contributed by atoms with Crippen molar-refractivity contribution < 1.29 is 9.84 Å². The first kappa shape index (κ1) is 16.2. The number of rotatable bonds is 6. The maximum absolute atomic E-state index is 10.2. The Balaban J connectivity index is 1.91. The van der Waals surface area contributed by atoms with E-state index in [2.05, 4.69) is 12.2 Å². The summed E-state index contributed by atoms with van der Waals surface area (Å²) in [5.74, 6) is 1.63. The fraction of sp³-hybridized carbons (Fsp3) is 0.667. The summed E-state index contributed by atoms with van der Waals surface area (Å²) in [6, 6.07) is 6.22. The standard InChI is InChI=1S/C18H29NO2/c1-3-21-17-12-8-11-16(18(17)20)13-19-14(2)15-9-6-4-5-7-10-15/h8,11-12,14-15,19-20H,3-7,9-10,13H2,1-2H3/t14-/m0/s1. The van der Waals surface area contributed by atoms with Crippen LogP contribution in [0.5, 0.6) is 11.5 Å². The van der Waals surface area contributed by atoms with E-state index in [4.69, 9.17) is 4.74 Å². The summed E-state index contributed by atoms with van der Waals surface area (Å²) in [4.78, 5) is 0. The molecule has 2 rings (SSSR count). The smallest absolute Gasteiger partial charge is 0.162 e. The van der Waals surface area contributed by atoms with Crippen LogP contribution < -0.4 is 10.1 Å². The molecule has 0 spiro atoms. The van der Waals surface area contributed by atoms with Crippen molar-refractivity contribution in [2.75, 3.05) is 6.61 Å². The minimum Gasteiger partial charge on any atom is -0.504 e. The zero-order valence-electron chi connectivity index (χ0n) is 13.4. The van der Waals surface area contributed by atoms with Gasteiger partial charge in [0.05, 0.1) is 6.61 Å². The normalized spacial score (nSPS) is 18.2. The molecule has 1 aromatic rings. The topological polar surface area (TPSA) is 41.5 Å². The van der Waals surface area contributed by atoms with Crippen molar-refractivity contribution in [2.45, 2.75) is 65.0 Å². The molecule has 1 aliphatic rings. The molecule has 3 nitrogen and oxygen atoms in total. The number of para-hydroxylation sites is 1. The van der Waals surface area contributed by atoms with E-state index >= 15 is 0 Å². The summed E-state index contributed by atoms with van der Waals surface area (Å²) in [5, 5.41) is 13.8. The number of ether oxygens (including phenoxy) is 1. The van der Waals surface area contributed by atoms with Crippen molar-refractivity contribution >= 4 is 0 Å². The zero-order valence-corrected chi connectivity index (χ0v) is 13.4. The number of benzene rings is 1. The molecule has 21 heavy (non-hydrogen) atoms. The molecule has 1 atom stereocenters. The SMILES string of the molecule is CCOc1cccc(CN[C@@H](C)C2CCCCCC2)c1O. The van der Waals surface area contributed by atoms with Crippen molar-refractivity contribution in [3.05, 3.63) is 23.8 Å². The first-order valence-electron chi connectivity index (χ1n) is 8.39. The molecule has 0 aromatic heterocycles. The van der Waals surface area contributed by atoms with Gasteiger partial charge in [-0.25, -0.2) is 0 Å². The second kappa shape index (κ2) is 8.28. The summed E-state index contributed by atoms with van der Waals surface area (Å²) >= 11 is 0. The van der Waals surface area contributed by atoms with E-state index in [1.54, 1.807) is 0 Å². The van der Waals surface area contributed by atoms with Crippen molar-refractivity contribution in [2.24, 2.45) is 5.92 Å². The molecule has 3 heteroatoms. The fourth-order valence-electron chi connectivity index (χ4n) is 3.23. The predicted octanol–water partition coefficient (Wildman–Crippen LogP) is 4.24. The summed E-state index contributed by atoms with van der Waals surface area (Å²) in [6.45, 7) is 5.48. The Bertz CT molecular complexity index is 425. The minimum atomic E-state index is 0.278. The van der Waals surface area contributed by atoms with Gasteiger partial charge in [-0.1, -0.05) is 37.8 Å². The monoisotopic (exact) mass is 291 g/mol. The summed E-state index contributed by atoms with van der Waals surface area (Å²) in [7, 11) is 0. The molecular weight excluding hydrogens is 262 g/mol. The van der Waals surface area contributed by atoms with Crippen LogP contribution in [0.2, 0.25) is 0 Å². The van der Waals surface area contributed by atoms with Crippen LogP contribution in [0.4, 0.5) is 0 Å². The maximum atomic E-state index is 10.2. The summed E-state index contributed by atoms with van der Waals surface area (Å²) < 4.78 is 5.44. The number of phenolic OH excluding ortho intramolecular Hbond substituents is 1. The molecule has 1 saturated carbocycles. The van der Waals surface area contributed by atoms with Gasteiger partial charge < -0.3 is 15.2 Å². The van der Waals surface area contributed by atoms with Gasteiger partial charge in [0.1, 0.15) is 0 Å². The van der Waals surface area contributed by atoms with E-state index in [9.17, 15) is 5.11 Å². The molecule has 0 saturated heterocycles. The lowest BCUT2D eigenvalue weighted by Crippen LogP contribution is -2.32. The van der Waals surface area contributed by atoms with Crippen LogP contribution in [0.25, 0.3) is 0 Å². The van der Waals surface area contributed by atoms with Crippen LogP contribution in [0, 0.1) is 5.92 Å². The van der Waals surface area contributed by atoms with E-state index in [0.29, 0.717) is 24.9 Å². The van der Waals surface area contributed by atoms with Crippen molar-refractivity contribution in [1.29, 1.82) is 0 Å². The van der Waals surface area contributed by atoms with Crippen molar-refractivity contribution in [3.8, 4) is 11.5 Å². The van der Waals surface area contributed by atoms with Crippen molar-refractivity contribution in [3.63, 3.8) is 0 Å². The Hall–Kier alpha value is -1.22. The third-order valence-electron chi connectivity index (χ3n) is 4.60. The third-order valence-corrected chi connectivity index (χ3v) is 4.60. The highest BCUT2D eigenvalue weighted by Gasteiger charge is 2.19. The minimum absolute atomic E-state index is 0.278. The number of hydrogen-bond donors (Lipinski definition) is 2. The van der Waals surface area contributed by atoms with Gasteiger partial charge in [-0.05, 0) is 38.7 Å². The molecule has 0 radical (unpaired) electrons. The highest BCUT2D eigenvalue weighted by molar-refractivity contribution is 5.45. The van der Waals surface area contributed by atoms with Gasteiger partial charge >= 0.3 is 0 Å². The van der Waals surface area contributed by atoms with Crippen molar-refractivity contribution in [1.82, 2.24) is 5.32 Å². The van der Waals surface area contributed by atoms with E-state index in [1.165, 1.54) is 38.5 Å². The molecule has 118 valence electrons. The van der Waals surface area contributed by atoms with Crippen LogP contribution in [-0.2, 0) is 6.54 Å². The Morgan fingerprint density at radius 1 is 1.24 bits per heavy atom. The highest BCUT2D eigenvalue weighted by atomic mass is 16.5. The molecule has 1 aromatic carbocycles. The lowest BCUT2D eigenvalue weighted by molar-refractivity contribution is 0.312. The summed E-state index contributed by atoms with van der Waals surface area (Å²) in [6.07, 6.45) is 8.17. The average molecular weight is 291 g/mol. The van der Waals surface area contributed by atoms with Gasteiger partial charge in [0, 0.05) is 18.2 Å². The maximum Gasteiger partial charge on any atom is 0.162 e. The van der Waals surface area contributed by atoms with Gasteiger partial charge in [-0.2, -0.15) is 0 Å². The molecule has 0 aliphatic heterocycles. The number of aromatic hydroxyl groups is 1. The first-order chi connectivity index (χ1) is 10.2. The van der Waals surface area contributed by atoms with Gasteiger partial charge in [0.15, 0.2) is 11.5 Å². The van der Waals surface area contributed by atoms with Crippen LogP contribution in [0.3, 0.4) is 0 Å². The van der Waals surface area contributed by atoms with Gasteiger partial charge in [-0.3, -0.25) is 0 Å². The second-order valence-corrected chi connectivity index (χ2v) is 6.12. The Kier molecular flexibility index (Phi) is 6.37. The predicted molar refractivity (Wildman–Crippen MR) is 86.8 cm³/mol. The lowest BCUT2D eigenvalue weighted by Gasteiger charge is -2.24. The largest absolute Gasteiger partial charge is 0.504 e. The summed E-state index contributed by atoms with van der Waals surface area (Å²) in [5.41, 5.74) is 0.918. The quantitative estimate of drug-likeness (QED) is 0.770. The molecule has 0 unspecified atom stereocenters. The number of nitrogens with one attached hydrogen (secondary N) is 1. The average Bonchev–Trinajstić information content (AvgIpc) is 2.77. The Morgan fingerprint density at radius 3 is 2.62 bits per heavy atom. The number of phenols is 1. The van der Waals surface area contributed by atoms with Crippen LogP contribution in [-0.4, -0.2) is 17.8 Å². The van der Waals surface area contributed by atoms with E-state index in [0.717, 1.165) is 11.5 Å². The molecule has 1 fully saturated rings. The molecule has 0 heterocycles. The molecule has 0 bridgehead atoms. The van der Waals surface area contributed by atoms with Gasteiger partial charge in [0.2, 0.25) is 0 Å². The Morgan fingerprint density at radius 2 is 1.95 bits per heavy atom. The molecule has 0 amide bonds. The third kappa shape index (κ3) is 4.63. The van der Waals surface area contributed by atoms with E-state index in [1.807, 2.05) is 25.1 Å². The Labute approximate surface area is 128 Å². The first-order valence-corrected chi connectivity index (χ1v) is 8.39. The van der Waals surface area contributed by atoms with E-state index < -0.39 is 0 Å². The van der Waals surface area contributed by atoms with Gasteiger partial charge in [0.25, 0.3) is 0 Å². The van der Waals surface area contributed by atoms with Crippen LogP contribution >= 0.6 is 0 Å². The molecular formula is C18H29NO2. The fourth-order valence-corrected chi connectivity index (χ4v) is 3.23. The number of hydrogen-bond acceptors (Lipinski definition) is 3. The van der Waals surface area contributed by atoms with Crippen LogP contribution in [0.15, 0.2) is 18.2 Å².